The third-order valence-electron chi connectivity index (χ3n) is 2.64. The normalized spacial score (nSPS) is 12.4. The average molecular weight is 216 g/mol. The second-order valence-corrected chi connectivity index (χ2v) is 3.92. The van der Waals surface area contributed by atoms with Crippen molar-refractivity contribution in [3.63, 3.8) is 0 Å². The Kier molecular flexibility index (Phi) is 3.25. The summed E-state index contributed by atoms with van der Waals surface area (Å²) in [6.07, 6.45) is 2.70. The van der Waals surface area contributed by atoms with Crippen LogP contribution >= 0.6 is 0 Å². The van der Waals surface area contributed by atoms with Crippen molar-refractivity contribution >= 4 is 5.69 Å². The Morgan fingerprint density at radius 3 is 2.56 bits per heavy atom. The number of hydrogen-bond donors (Lipinski definition) is 1. The predicted molar refractivity (Wildman–Crippen MR) is 65.3 cm³/mol. The molecule has 0 spiro atoms. The van der Waals surface area contributed by atoms with Crippen LogP contribution in [-0.2, 0) is 0 Å². The van der Waals surface area contributed by atoms with Crippen molar-refractivity contribution in [1.29, 1.82) is 0 Å². The van der Waals surface area contributed by atoms with Gasteiger partial charge in [0.2, 0.25) is 0 Å². The molecular weight excluding hydrogens is 200 g/mol. The molecule has 84 valence electrons. The third-order valence-corrected chi connectivity index (χ3v) is 2.64. The topological polar surface area (TPSA) is 38.1 Å². The van der Waals surface area contributed by atoms with Crippen molar-refractivity contribution in [1.82, 2.24) is 5.16 Å². The van der Waals surface area contributed by atoms with Gasteiger partial charge >= 0.3 is 0 Å². The number of nitrogens with zero attached hydrogens (tertiary/aromatic N) is 1. The molecule has 3 nitrogen and oxygen atoms in total. The summed E-state index contributed by atoms with van der Waals surface area (Å²) in [5, 5.41) is 7.32. The lowest BCUT2D eigenvalue weighted by atomic mass is 10.1. The van der Waals surface area contributed by atoms with Gasteiger partial charge in [0.05, 0.1) is 0 Å². The lowest BCUT2D eigenvalue weighted by Gasteiger charge is -2.12. The Bertz CT molecular complexity index is 420. The molecular formula is C13H16N2O. The molecule has 1 aromatic heterocycles. The Labute approximate surface area is 95.5 Å². The van der Waals surface area contributed by atoms with Gasteiger partial charge in [0.1, 0.15) is 12.0 Å². The molecule has 0 aliphatic carbocycles. The zero-order chi connectivity index (χ0) is 11.4. The molecule has 0 amide bonds. The van der Waals surface area contributed by atoms with E-state index < -0.39 is 0 Å². The highest BCUT2D eigenvalue weighted by Gasteiger charge is 2.02. The first-order chi connectivity index (χ1) is 7.79. The minimum absolute atomic E-state index is 0.498. The number of aromatic nitrogens is 1. The van der Waals surface area contributed by atoms with Crippen molar-refractivity contribution < 1.29 is 4.52 Å². The van der Waals surface area contributed by atoms with Crippen molar-refractivity contribution in [2.45, 2.75) is 26.3 Å². The van der Waals surface area contributed by atoms with Crippen LogP contribution in [0.1, 0.15) is 20.3 Å². The molecule has 2 aromatic rings. The van der Waals surface area contributed by atoms with Gasteiger partial charge in [0.15, 0.2) is 0 Å². The quantitative estimate of drug-likeness (QED) is 0.849. The molecule has 3 heteroatoms. The third kappa shape index (κ3) is 2.42. The van der Waals surface area contributed by atoms with Crippen LogP contribution in [0.4, 0.5) is 5.69 Å². The van der Waals surface area contributed by atoms with E-state index in [1.165, 1.54) is 0 Å². The van der Waals surface area contributed by atoms with Gasteiger partial charge < -0.3 is 9.84 Å². The van der Waals surface area contributed by atoms with Gasteiger partial charge in [-0.25, -0.2) is 0 Å². The summed E-state index contributed by atoms with van der Waals surface area (Å²) in [5.74, 6) is 0. The highest BCUT2D eigenvalue weighted by atomic mass is 16.5. The SMILES string of the molecule is CCC(C)Nc1ccc(-c2ccon2)cc1. The van der Waals surface area contributed by atoms with Crippen LogP contribution in [0.3, 0.4) is 0 Å². The first-order valence-electron chi connectivity index (χ1n) is 5.57. The van der Waals surface area contributed by atoms with E-state index in [4.69, 9.17) is 4.52 Å². The largest absolute Gasteiger partial charge is 0.383 e. The maximum atomic E-state index is 4.82. The summed E-state index contributed by atoms with van der Waals surface area (Å²) in [4.78, 5) is 0. The van der Waals surface area contributed by atoms with Gasteiger partial charge in [-0.2, -0.15) is 0 Å². The maximum Gasteiger partial charge on any atom is 0.124 e. The fourth-order valence-electron chi connectivity index (χ4n) is 1.49. The Morgan fingerprint density at radius 2 is 2.00 bits per heavy atom. The van der Waals surface area contributed by atoms with E-state index in [9.17, 15) is 0 Å². The minimum Gasteiger partial charge on any atom is -0.383 e. The Morgan fingerprint density at radius 1 is 1.25 bits per heavy atom. The maximum absolute atomic E-state index is 4.82. The Hall–Kier alpha value is -1.77. The monoisotopic (exact) mass is 216 g/mol. The molecule has 2 rings (SSSR count). The second-order valence-electron chi connectivity index (χ2n) is 3.92. The van der Waals surface area contributed by atoms with Gasteiger partial charge in [-0.15, -0.1) is 0 Å². The summed E-state index contributed by atoms with van der Waals surface area (Å²) in [5.41, 5.74) is 3.08. The van der Waals surface area contributed by atoms with E-state index >= 15 is 0 Å². The van der Waals surface area contributed by atoms with E-state index in [1.807, 2.05) is 18.2 Å². The van der Waals surface area contributed by atoms with Crippen LogP contribution in [-0.4, -0.2) is 11.2 Å². The number of anilines is 1. The second kappa shape index (κ2) is 4.84. The van der Waals surface area contributed by atoms with Gasteiger partial charge in [-0.1, -0.05) is 24.2 Å². The molecule has 1 atom stereocenters. The highest BCUT2D eigenvalue weighted by molar-refractivity contribution is 5.62. The number of benzene rings is 1. The lowest BCUT2D eigenvalue weighted by Crippen LogP contribution is -2.12. The van der Waals surface area contributed by atoms with E-state index in [0.717, 1.165) is 23.4 Å². The average Bonchev–Trinajstić information content (AvgIpc) is 2.83. The molecule has 1 unspecified atom stereocenters. The van der Waals surface area contributed by atoms with E-state index in [0.29, 0.717) is 6.04 Å². The first kappa shape index (κ1) is 10.7. The van der Waals surface area contributed by atoms with Gasteiger partial charge in [-0.3, -0.25) is 0 Å². The van der Waals surface area contributed by atoms with Crippen molar-refractivity contribution in [3.8, 4) is 11.3 Å². The standard InChI is InChI=1S/C13H16N2O/c1-3-10(2)14-12-6-4-11(5-7-12)13-8-9-16-15-13/h4-10,14H,3H2,1-2H3. The molecule has 0 aliphatic rings. The predicted octanol–water partition coefficient (Wildman–Crippen LogP) is 3.55. The molecule has 0 saturated heterocycles. The Balaban J connectivity index is 2.11. The van der Waals surface area contributed by atoms with E-state index in [-0.39, 0.29) is 0 Å². The minimum atomic E-state index is 0.498. The van der Waals surface area contributed by atoms with E-state index in [2.05, 4.69) is 36.5 Å². The van der Waals surface area contributed by atoms with Crippen LogP contribution < -0.4 is 5.32 Å². The molecule has 0 aliphatic heterocycles. The number of rotatable bonds is 4. The first-order valence-corrected chi connectivity index (χ1v) is 5.57. The zero-order valence-corrected chi connectivity index (χ0v) is 9.60. The van der Waals surface area contributed by atoms with Gasteiger partial charge in [0.25, 0.3) is 0 Å². The molecule has 0 saturated carbocycles. The molecule has 1 aromatic carbocycles. The van der Waals surface area contributed by atoms with Crippen molar-refractivity contribution in [3.05, 3.63) is 36.6 Å². The lowest BCUT2D eigenvalue weighted by molar-refractivity contribution is 0.422. The molecule has 1 heterocycles. The molecule has 1 N–H and O–H groups in total. The number of hydrogen-bond acceptors (Lipinski definition) is 3. The van der Waals surface area contributed by atoms with Crippen LogP contribution in [0.15, 0.2) is 41.1 Å². The zero-order valence-electron chi connectivity index (χ0n) is 9.60. The fraction of sp³-hybridized carbons (Fsp3) is 0.308. The van der Waals surface area contributed by atoms with Crippen LogP contribution in [0, 0.1) is 0 Å². The fourth-order valence-corrected chi connectivity index (χ4v) is 1.49. The van der Waals surface area contributed by atoms with Crippen LogP contribution in [0.2, 0.25) is 0 Å². The molecule has 0 bridgehead atoms. The summed E-state index contributed by atoms with van der Waals surface area (Å²) in [7, 11) is 0. The van der Waals surface area contributed by atoms with Crippen molar-refractivity contribution in [2.24, 2.45) is 0 Å². The van der Waals surface area contributed by atoms with Crippen LogP contribution in [0.25, 0.3) is 11.3 Å². The molecule has 16 heavy (non-hydrogen) atoms. The summed E-state index contributed by atoms with van der Waals surface area (Å²) in [6, 6.07) is 10.6. The van der Waals surface area contributed by atoms with Crippen molar-refractivity contribution in [2.75, 3.05) is 5.32 Å². The van der Waals surface area contributed by atoms with Gasteiger partial charge in [0, 0.05) is 23.4 Å². The number of nitrogens with one attached hydrogen (secondary N) is 1. The smallest absolute Gasteiger partial charge is 0.124 e. The van der Waals surface area contributed by atoms with E-state index in [1.54, 1.807) is 6.26 Å². The molecule has 0 fully saturated rings. The summed E-state index contributed by atoms with van der Waals surface area (Å²) < 4.78 is 4.82. The summed E-state index contributed by atoms with van der Waals surface area (Å²) in [6.45, 7) is 4.34. The molecule has 0 radical (unpaired) electrons. The summed E-state index contributed by atoms with van der Waals surface area (Å²) >= 11 is 0. The van der Waals surface area contributed by atoms with Crippen LogP contribution in [0.5, 0.6) is 0 Å². The van der Waals surface area contributed by atoms with Gasteiger partial charge in [-0.05, 0) is 25.5 Å². The highest BCUT2D eigenvalue weighted by Crippen LogP contribution is 2.19.